The maximum Gasteiger partial charge on any atom is 0.133 e. The molecule has 1 aromatic rings. The highest BCUT2D eigenvalue weighted by Gasteiger charge is 2.07. The van der Waals surface area contributed by atoms with Crippen molar-refractivity contribution in [1.82, 2.24) is 10.2 Å². The van der Waals surface area contributed by atoms with E-state index >= 15 is 0 Å². The van der Waals surface area contributed by atoms with E-state index in [4.69, 9.17) is 5.73 Å². The molecule has 0 amide bonds. The maximum atomic E-state index is 5.74. The molecular formula is C12H23N3S. The molecule has 0 spiro atoms. The quantitative estimate of drug-likeness (QED) is 0.709. The fraction of sp³-hybridized carbons (Fsp3) is 0.833. The Morgan fingerprint density at radius 3 is 2.44 bits per heavy atom. The van der Waals surface area contributed by atoms with Crippen LogP contribution < -0.4 is 5.73 Å². The molecule has 0 saturated heterocycles. The van der Waals surface area contributed by atoms with Crippen molar-refractivity contribution in [3.05, 3.63) is 10.0 Å². The Kier molecular flexibility index (Phi) is 6.57. The van der Waals surface area contributed by atoms with Crippen molar-refractivity contribution < 1.29 is 0 Å². The normalized spacial score (nSPS) is 12.9. The van der Waals surface area contributed by atoms with Crippen LogP contribution in [0, 0.1) is 0 Å². The Balaban J connectivity index is 2.12. The van der Waals surface area contributed by atoms with Crippen LogP contribution in [0.15, 0.2) is 0 Å². The summed E-state index contributed by atoms with van der Waals surface area (Å²) < 4.78 is 0. The molecule has 0 aliphatic rings. The van der Waals surface area contributed by atoms with E-state index in [9.17, 15) is 0 Å². The Hall–Kier alpha value is -0.480. The summed E-state index contributed by atoms with van der Waals surface area (Å²) in [4.78, 5) is 0. The molecule has 4 heteroatoms. The fourth-order valence-corrected chi connectivity index (χ4v) is 2.45. The summed E-state index contributed by atoms with van der Waals surface area (Å²) in [6.45, 7) is 4.20. The van der Waals surface area contributed by atoms with Gasteiger partial charge in [-0.3, -0.25) is 0 Å². The highest BCUT2D eigenvalue weighted by atomic mass is 32.1. The molecule has 0 bridgehead atoms. The highest BCUT2D eigenvalue weighted by molar-refractivity contribution is 7.11. The first-order valence-electron chi connectivity index (χ1n) is 6.32. The molecule has 0 radical (unpaired) electrons. The van der Waals surface area contributed by atoms with Gasteiger partial charge < -0.3 is 5.73 Å². The monoisotopic (exact) mass is 241 g/mol. The molecule has 0 saturated carbocycles. The molecule has 1 atom stereocenters. The second kappa shape index (κ2) is 7.74. The van der Waals surface area contributed by atoms with Gasteiger partial charge in [0, 0.05) is 6.42 Å². The van der Waals surface area contributed by atoms with E-state index in [1.165, 1.54) is 38.5 Å². The summed E-state index contributed by atoms with van der Waals surface area (Å²) in [5.74, 6) is 0. The summed E-state index contributed by atoms with van der Waals surface area (Å²) in [7, 11) is 0. The van der Waals surface area contributed by atoms with Crippen LogP contribution in [0.4, 0.5) is 0 Å². The third-order valence-corrected chi connectivity index (χ3v) is 3.80. The van der Waals surface area contributed by atoms with Gasteiger partial charge in [0.2, 0.25) is 0 Å². The van der Waals surface area contributed by atoms with Gasteiger partial charge in [0.1, 0.15) is 10.0 Å². The lowest BCUT2D eigenvalue weighted by molar-refractivity contribution is 0.606. The molecule has 1 aromatic heterocycles. The Labute approximate surface area is 102 Å². The molecule has 0 aliphatic heterocycles. The first kappa shape index (κ1) is 13.6. The molecular weight excluding hydrogens is 218 g/mol. The standard InChI is InChI=1S/C12H23N3S/c1-3-4-5-6-7-8-9-11-14-15-12(16-11)10(2)13/h10H,3-9,13H2,1-2H3. The van der Waals surface area contributed by atoms with Crippen molar-refractivity contribution >= 4 is 11.3 Å². The molecule has 16 heavy (non-hydrogen) atoms. The van der Waals surface area contributed by atoms with E-state index < -0.39 is 0 Å². The SMILES string of the molecule is CCCCCCCCc1nnc(C(C)N)s1. The third kappa shape index (κ3) is 5.03. The minimum Gasteiger partial charge on any atom is -0.322 e. The maximum absolute atomic E-state index is 5.74. The zero-order chi connectivity index (χ0) is 11.8. The van der Waals surface area contributed by atoms with E-state index in [2.05, 4.69) is 17.1 Å². The van der Waals surface area contributed by atoms with Gasteiger partial charge in [-0.1, -0.05) is 50.4 Å². The molecule has 0 fully saturated rings. The van der Waals surface area contributed by atoms with Crippen molar-refractivity contribution in [3.63, 3.8) is 0 Å². The Bertz CT molecular complexity index is 284. The van der Waals surface area contributed by atoms with Crippen LogP contribution in [0.5, 0.6) is 0 Å². The molecule has 1 rings (SSSR count). The first-order valence-corrected chi connectivity index (χ1v) is 7.13. The van der Waals surface area contributed by atoms with Crippen molar-refractivity contribution in [1.29, 1.82) is 0 Å². The molecule has 2 N–H and O–H groups in total. The predicted molar refractivity (Wildman–Crippen MR) is 69.6 cm³/mol. The second-order valence-corrected chi connectivity index (χ2v) is 5.43. The number of hydrogen-bond donors (Lipinski definition) is 1. The van der Waals surface area contributed by atoms with E-state index in [1.807, 2.05) is 6.92 Å². The number of hydrogen-bond acceptors (Lipinski definition) is 4. The Morgan fingerprint density at radius 1 is 1.12 bits per heavy atom. The molecule has 1 unspecified atom stereocenters. The van der Waals surface area contributed by atoms with Crippen molar-refractivity contribution in [2.75, 3.05) is 0 Å². The van der Waals surface area contributed by atoms with Gasteiger partial charge in [0.15, 0.2) is 0 Å². The topological polar surface area (TPSA) is 51.8 Å². The summed E-state index contributed by atoms with van der Waals surface area (Å²) >= 11 is 1.66. The number of aromatic nitrogens is 2. The van der Waals surface area contributed by atoms with Gasteiger partial charge in [-0.05, 0) is 13.3 Å². The van der Waals surface area contributed by atoms with E-state index in [1.54, 1.807) is 11.3 Å². The first-order chi connectivity index (χ1) is 7.74. The summed E-state index contributed by atoms with van der Waals surface area (Å²) in [6.07, 6.45) is 9.02. The van der Waals surface area contributed by atoms with Crippen LogP contribution in [0.1, 0.15) is 68.4 Å². The molecule has 0 aliphatic carbocycles. The summed E-state index contributed by atoms with van der Waals surface area (Å²) in [5.41, 5.74) is 5.74. The van der Waals surface area contributed by atoms with Gasteiger partial charge >= 0.3 is 0 Å². The number of aryl methyl sites for hydroxylation is 1. The van der Waals surface area contributed by atoms with E-state index in [0.717, 1.165) is 16.4 Å². The average molecular weight is 241 g/mol. The minimum absolute atomic E-state index is 0.0239. The third-order valence-electron chi connectivity index (χ3n) is 2.62. The Morgan fingerprint density at radius 2 is 1.81 bits per heavy atom. The zero-order valence-electron chi connectivity index (χ0n) is 10.4. The lowest BCUT2D eigenvalue weighted by Gasteiger charge is -1.98. The second-order valence-electron chi connectivity index (χ2n) is 4.34. The average Bonchev–Trinajstić information content (AvgIpc) is 2.72. The van der Waals surface area contributed by atoms with Crippen molar-refractivity contribution in [3.8, 4) is 0 Å². The number of unbranched alkanes of at least 4 members (excludes halogenated alkanes) is 5. The van der Waals surface area contributed by atoms with E-state index in [-0.39, 0.29) is 6.04 Å². The zero-order valence-corrected chi connectivity index (χ0v) is 11.2. The minimum atomic E-state index is 0.0239. The number of rotatable bonds is 8. The lowest BCUT2D eigenvalue weighted by Crippen LogP contribution is -2.03. The van der Waals surface area contributed by atoms with Gasteiger partial charge in [0.25, 0.3) is 0 Å². The van der Waals surface area contributed by atoms with Crippen LogP contribution in [-0.4, -0.2) is 10.2 Å². The van der Waals surface area contributed by atoms with Crippen LogP contribution in [0.3, 0.4) is 0 Å². The van der Waals surface area contributed by atoms with Crippen molar-refractivity contribution in [2.24, 2.45) is 5.73 Å². The lowest BCUT2D eigenvalue weighted by atomic mass is 10.1. The molecule has 92 valence electrons. The summed E-state index contributed by atoms with van der Waals surface area (Å²) in [5, 5.41) is 10.3. The molecule has 0 aromatic carbocycles. The van der Waals surface area contributed by atoms with Crippen LogP contribution in [0.2, 0.25) is 0 Å². The van der Waals surface area contributed by atoms with E-state index in [0.29, 0.717) is 0 Å². The van der Waals surface area contributed by atoms with Crippen LogP contribution in [-0.2, 0) is 6.42 Å². The largest absolute Gasteiger partial charge is 0.322 e. The number of nitrogens with zero attached hydrogens (tertiary/aromatic N) is 2. The fourth-order valence-electron chi connectivity index (χ4n) is 1.61. The smallest absolute Gasteiger partial charge is 0.133 e. The molecule has 1 heterocycles. The highest BCUT2D eigenvalue weighted by Crippen LogP contribution is 2.17. The van der Waals surface area contributed by atoms with Crippen LogP contribution >= 0.6 is 11.3 Å². The van der Waals surface area contributed by atoms with Gasteiger partial charge in [0.05, 0.1) is 6.04 Å². The van der Waals surface area contributed by atoms with Crippen LogP contribution in [0.25, 0.3) is 0 Å². The van der Waals surface area contributed by atoms with Gasteiger partial charge in [-0.15, -0.1) is 10.2 Å². The summed E-state index contributed by atoms with van der Waals surface area (Å²) in [6, 6.07) is 0.0239. The predicted octanol–water partition coefficient (Wildman–Crippen LogP) is 3.46. The molecule has 3 nitrogen and oxygen atoms in total. The van der Waals surface area contributed by atoms with Gasteiger partial charge in [-0.2, -0.15) is 0 Å². The van der Waals surface area contributed by atoms with Gasteiger partial charge in [-0.25, -0.2) is 0 Å². The van der Waals surface area contributed by atoms with Crippen molar-refractivity contribution in [2.45, 2.75) is 64.8 Å². The number of nitrogens with two attached hydrogens (primary N) is 1.